The molecule has 0 bridgehead atoms. The average molecular weight is 364 g/mol. The van der Waals surface area contributed by atoms with Gasteiger partial charge in [-0.05, 0) is 30.7 Å². The molecule has 3 aromatic rings. The molecule has 0 aliphatic carbocycles. The van der Waals surface area contributed by atoms with Crippen LogP contribution in [0.15, 0.2) is 42.6 Å². The highest BCUT2D eigenvalue weighted by Gasteiger charge is 2.30. The van der Waals surface area contributed by atoms with Gasteiger partial charge in [-0.2, -0.15) is 4.98 Å². The van der Waals surface area contributed by atoms with Crippen LogP contribution in [0.3, 0.4) is 0 Å². The highest BCUT2D eigenvalue weighted by molar-refractivity contribution is 5.96. The minimum atomic E-state index is -0.797. The molecule has 1 amide bonds. The summed E-state index contributed by atoms with van der Waals surface area (Å²) < 4.78 is 6.48. The van der Waals surface area contributed by atoms with Gasteiger partial charge in [0.1, 0.15) is 0 Å². The summed E-state index contributed by atoms with van der Waals surface area (Å²) in [5.41, 5.74) is 2.92. The third-order valence-electron chi connectivity index (χ3n) is 4.35. The van der Waals surface area contributed by atoms with Gasteiger partial charge in [-0.1, -0.05) is 18.2 Å². The fraction of sp³-hybridized carbons (Fsp3) is 0.211. The maximum atomic E-state index is 12.1. The summed E-state index contributed by atoms with van der Waals surface area (Å²) in [5, 5.41) is 6.83. The van der Waals surface area contributed by atoms with E-state index in [2.05, 4.69) is 15.4 Å². The molecule has 0 spiro atoms. The molecular weight excluding hydrogens is 348 g/mol. The second-order valence-corrected chi connectivity index (χ2v) is 6.30. The van der Waals surface area contributed by atoms with E-state index in [1.807, 2.05) is 24.3 Å². The van der Waals surface area contributed by atoms with Crippen molar-refractivity contribution in [3.63, 3.8) is 0 Å². The molecule has 0 unspecified atom stereocenters. The number of ether oxygens (including phenoxy) is 1. The number of esters is 1. The molecule has 4 rings (SSSR count). The Labute approximate surface area is 154 Å². The van der Waals surface area contributed by atoms with Crippen LogP contribution in [0.4, 0.5) is 5.95 Å². The predicted molar refractivity (Wildman–Crippen MR) is 96.2 cm³/mol. The minimum absolute atomic E-state index is 0.00343. The maximum absolute atomic E-state index is 12.1. The second kappa shape index (κ2) is 6.64. The van der Waals surface area contributed by atoms with E-state index in [0.717, 1.165) is 11.1 Å². The Morgan fingerprint density at radius 2 is 2.07 bits per heavy atom. The van der Waals surface area contributed by atoms with Crippen LogP contribution in [-0.2, 0) is 14.3 Å². The van der Waals surface area contributed by atoms with Gasteiger partial charge in [0.25, 0.3) is 5.91 Å². The molecule has 8 nitrogen and oxygen atoms in total. The van der Waals surface area contributed by atoms with Crippen molar-refractivity contribution < 1.29 is 19.1 Å². The molecule has 1 saturated heterocycles. The Kier molecular flexibility index (Phi) is 4.15. The highest BCUT2D eigenvalue weighted by atomic mass is 16.6. The number of cyclic esters (lactones) is 1. The van der Waals surface area contributed by atoms with Crippen molar-refractivity contribution in [2.75, 3.05) is 5.32 Å². The van der Waals surface area contributed by atoms with E-state index in [9.17, 15) is 14.4 Å². The molecule has 1 atom stereocenters. The SMILES string of the molecule is CC(=O)c1cccc(-c2ccc3nc(NC(=O)[C@H]4CCC(=O)O4)nn3c2)c1. The van der Waals surface area contributed by atoms with Crippen LogP contribution in [-0.4, -0.2) is 38.4 Å². The lowest BCUT2D eigenvalue weighted by Crippen LogP contribution is -2.27. The zero-order valence-electron chi connectivity index (χ0n) is 14.5. The standard InChI is InChI=1S/C19H16N4O4/c1-11(24)12-3-2-4-13(9-12)14-5-7-16-20-19(22-23(16)10-14)21-18(26)15-6-8-17(25)27-15/h2-5,7,9-10,15H,6,8H2,1H3,(H,21,22,26)/t15-/m1/s1. The Morgan fingerprint density at radius 1 is 1.22 bits per heavy atom. The number of aromatic nitrogens is 3. The van der Waals surface area contributed by atoms with Crippen LogP contribution in [0.5, 0.6) is 0 Å². The molecule has 0 saturated carbocycles. The van der Waals surface area contributed by atoms with Crippen LogP contribution in [0.25, 0.3) is 16.8 Å². The number of fused-ring (bicyclic) bond motifs is 1. The van der Waals surface area contributed by atoms with E-state index in [0.29, 0.717) is 17.6 Å². The average Bonchev–Trinajstić information content (AvgIpc) is 3.26. The van der Waals surface area contributed by atoms with Crippen LogP contribution in [0.2, 0.25) is 0 Å². The van der Waals surface area contributed by atoms with E-state index in [4.69, 9.17) is 4.74 Å². The number of amides is 1. The zero-order valence-corrected chi connectivity index (χ0v) is 14.5. The topological polar surface area (TPSA) is 103 Å². The van der Waals surface area contributed by atoms with Gasteiger partial charge in [0.15, 0.2) is 17.5 Å². The van der Waals surface area contributed by atoms with Crippen molar-refractivity contribution in [3.8, 4) is 11.1 Å². The smallest absolute Gasteiger partial charge is 0.306 e. The lowest BCUT2D eigenvalue weighted by Gasteiger charge is -2.06. The lowest BCUT2D eigenvalue weighted by atomic mass is 10.0. The Morgan fingerprint density at radius 3 is 2.81 bits per heavy atom. The largest absolute Gasteiger partial charge is 0.452 e. The molecule has 2 aromatic heterocycles. The van der Waals surface area contributed by atoms with Gasteiger partial charge in [-0.15, -0.1) is 5.10 Å². The molecule has 1 aliphatic heterocycles. The molecule has 1 aliphatic rings. The number of pyridine rings is 1. The van der Waals surface area contributed by atoms with Crippen LogP contribution < -0.4 is 5.32 Å². The number of ketones is 1. The van der Waals surface area contributed by atoms with Crippen molar-refractivity contribution in [1.82, 2.24) is 14.6 Å². The number of anilines is 1. The fourth-order valence-corrected chi connectivity index (χ4v) is 2.93. The van der Waals surface area contributed by atoms with Crippen LogP contribution in [0, 0.1) is 0 Å². The second-order valence-electron chi connectivity index (χ2n) is 6.30. The maximum Gasteiger partial charge on any atom is 0.306 e. The Hall–Kier alpha value is -3.55. The summed E-state index contributed by atoms with van der Waals surface area (Å²) in [7, 11) is 0. The third kappa shape index (κ3) is 3.41. The fourth-order valence-electron chi connectivity index (χ4n) is 2.93. The van der Waals surface area contributed by atoms with Gasteiger partial charge in [-0.25, -0.2) is 4.52 Å². The molecule has 3 heterocycles. The Balaban J connectivity index is 1.58. The van der Waals surface area contributed by atoms with E-state index >= 15 is 0 Å². The summed E-state index contributed by atoms with van der Waals surface area (Å²) in [5.74, 6) is -0.685. The summed E-state index contributed by atoms with van der Waals surface area (Å²) in [4.78, 5) is 39.1. The third-order valence-corrected chi connectivity index (χ3v) is 4.35. The molecule has 1 aromatic carbocycles. The number of carbonyl (C=O) groups is 3. The van der Waals surface area contributed by atoms with Gasteiger partial charge in [0.05, 0.1) is 0 Å². The van der Waals surface area contributed by atoms with E-state index in [1.165, 1.54) is 6.92 Å². The van der Waals surface area contributed by atoms with Crippen molar-refractivity contribution in [2.45, 2.75) is 25.9 Å². The summed E-state index contributed by atoms with van der Waals surface area (Å²) in [6.07, 6.45) is 1.56. The van der Waals surface area contributed by atoms with Gasteiger partial charge < -0.3 is 4.74 Å². The number of hydrogen-bond donors (Lipinski definition) is 1. The molecule has 27 heavy (non-hydrogen) atoms. The number of hydrogen-bond acceptors (Lipinski definition) is 6. The van der Waals surface area contributed by atoms with E-state index in [1.54, 1.807) is 22.8 Å². The normalized spacial score (nSPS) is 16.3. The first-order chi connectivity index (χ1) is 13.0. The lowest BCUT2D eigenvalue weighted by molar-refractivity contribution is -0.146. The van der Waals surface area contributed by atoms with Crippen LogP contribution >= 0.6 is 0 Å². The van der Waals surface area contributed by atoms with Crippen LogP contribution in [0.1, 0.15) is 30.1 Å². The number of rotatable bonds is 4. The number of benzene rings is 1. The molecule has 1 N–H and O–H groups in total. The van der Waals surface area contributed by atoms with E-state index < -0.39 is 12.0 Å². The first-order valence-corrected chi connectivity index (χ1v) is 8.48. The number of carbonyl (C=O) groups excluding carboxylic acids is 3. The highest BCUT2D eigenvalue weighted by Crippen LogP contribution is 2.22. The number of Topliss-reactive ketones (excluding diaryl/α,β-unsaturated/α-hetero) is 1. The number of nitrogens with zero attached hydrogens (tertiary/aromatic N) is 3. The van der Waals surface area contributed by atoms with Crippen molar-refractivity contribution >= 4 is 29.3 Å². The quantitative estimate of drug-likeness (QED) is 0.563. The van der Waals surface area contributed by atoms with Crippen molar-refractivity contribution in [3.05, 3.63) is 48.2 Å². The molecule has 1 fully saturated rings. The van der Waals surface area contributed by atoms with E-state index in [-0.39, 0.29) is 24.1 Å². The van der Waals surface area contributed by atoms with Gasteiger partial charge in [-0.3, -0.25) is 19.7 Å². The number of nitrogens with one attached hydrogen (secondary N) is 1. The van der Waals surface area contributed by atoms with Gasteiger partial charge >= 0.3 is 5.97 Å². The summed E-state index contributed by atoms with van der Waals surface area (Å²) >= 11 is 0. The first kappa shape index (κ1) is 16.9. The molecular formula is C19H16N4O4. The van der Waals surface area contributed by atoms with Crippen molar-refractivity contribution in [1.29, 1.82) is 0 Å². The predicted octanol–water partition coefficient (Wildman–Crippen LogP) is 2.24. The molecule has 8 heteroatoms. The summed E-state index contributed by atoms with van der Waals surface area (Å²) in [6, 6.07) is 11.0. The Bertz CT molecular complexity index is 1070. The minimum Gasteiger partial charge on any atom is -0.452 e. The van der Waals surface area contributed by atoms with Crippen molar-refractivity contribution in [2.24, 2.45) is 0 Å². The molecule has 136 valence electrons. The monoisotopic (exact) mass is 364 g/mol. The van der Waals surface area contributed by atoms with Gasteiger partial charge in [0.2, 0.25) is 5.95 Å². The van der Waals surface area contributed by atoms with Gasteiger partial charge in [0, 0.05) is 30.2 Å². The summed E-state index contributed by atoms with van der Waals surface area (Å²) in [6.45, 7) is 1.52. The zero-order chi connectivity index (χ0) is 19.0. The molecule has 0 radical (unpaired) electrons. The first-order valence-electron chi connectivity index (χ1n) is 8.48.